The highest BCUT2D eigenvalue weighted by Crippen LogP contribution is 2.35. The summed E-state index contributed by atoms with van der Waals surface area (Å²) < 4.78 is 0. The first-order valence-corrected chi connectivity index (χ1v) is 7.45. The SMILES string of the molecule is C/C=C/CCN1C2CCC1CC(NCCC)C2. The number of hydrogen-bond donors (Lipinski definition) is 1. The van der Waals surface area contributed by atoms with Crippen LogP contribution in [-0.4, -0.2) is 36.1 Å². The van der Waals surface area contributed by atoms with Crippen LogP contribution in [0.2, 0.25) is 0 Å². The van der Waals surface area contributed by atoms with Crippen LogP contribution in [0.3, 0.4) is 0 Å². The van der Waals surface area contributed by atoms with E-state index < -0.39 is 0 Å². The van der Waals surface area contributed by atoms with Crippen LogP contribution < -0.4 is 5.32 Å². The number of nitrogens with one attached hydrogen (secondary N) is 1. The van der Waals surface area contributed by atoms with E-state index in [9.17, 15) is 0 Å². The van der Waals surface area contributed by atoms with Crippen LogP contribution in [0, 0.1) is 0 Å². The average molecular weight is 236 g/mol. The molecule has 0 radical (unpaired) electrons. The first kappa shape index (κ1) is 13.1. The third kappa shape index (κ3) is 3.32. The Kier molecular flexibility index (Phi) is 5.05. The summed E-state index contributed by atoms with van der Waals surface area (Å²) in [6.07, 6.45) is 12.6. The zero-order valence-corrected chi connectivity index (χ0v) is 11.5. The van der Waals surface area contributed by atoms with E-state index in [0.717, 1.165) is 18.1 Å². The van der Waals surface area contributed by atoms with Crippen LogP contribution >= 0.6 is 0 Å². The molecule has 0 aliphatic carbocycles. The quantitative estimate of drug-likeness (QED) is 0.713. The van der Waals surface area contributed by atoms with Gasteiger partial charge in [-0.1, -0.05) is 19.1 Å². The van der Waals surface area contributed by atoms with E-state index in [4.69, 9.17) is 0 Å². The molecule has 0 saturated carbocycles. The van der Waals surface area contributed by atoms with Gasteiger partial charge in [-0.25, -0.2) is 0 Å². The molecule has 98 valence electrons. The van der Waals surface area contributed by atoms with Gasteiger partial charge in [0, 0.05) is 24.7 Å². The summed E-state index contributed by atoms with van der Waals surface area (Å²) in [6.45, 7) is 6.85. The average Bonchev–Trinajstić information content (AvgIpc) is 2.59. The molecule has 2 aliphatic heterocycles. The van der Waals surface area contributed by atoms with E-state index in [-0.39, 0.29) is 0 Å². The molecule has 2 unspecified atom stereocenters. The van der Waals surface area contributed by atoms with Crippen LogP contribution in [0.4, 0.5) is 0 Å². The topological polar surface area (TPSA) is 15.3 Å². The maximum Gasteiger partial charge on any atom is 0.0114 e. The van der Waals surface area contributed by atoms with Crippen LogP contribution in [0.1, 0.15) is 52.4 Å². The summed E-state index contributed by atoms with van der Waals surface area (Å²) >= 11 is 0. The maximum atomic E-state index is 3.72. The van der Waals surface area contributed by atoms with Gasteiger partial charge in [0.15, 0.2) is 0 Å². The lowest BCUT2D eigenvalue weighted by Crippen LogP contribution is -2.49. The summed E-state index contributed by atoms with van der Waals surface area (Å²) in [4.78, 5) is 2.78. The minimum absolute atomic E-state index is 0.797. The van der Waals surface area contributed by atoms with Gasteiger partial charge in [-0.2, -0.15) is 0 Å². The molecule has 2 aliphatic rings. The Labute approximate surface area is 106 Å². The smallest absolute Gasteiger partial charge is 0.0114 e. The van der Waals surface area contributed by atoms with Crippen LogP contribution in [0.5, 0.6) is 0 Å². The second kappa shape index (κ2) is 6.55. The molecule has 0 spiro atoms. The maximum absolute atomic E-state index is 3.72. The molecule has 2 nitrogen and oxygen atoms in total. The number of hydrogen-bond acceptors (Lipinski definition) is 2. The van der Waals surface area contributed by atoms with Crippen molar-refractivity contribution in [1.82, 2.24) is 10.2 Å². The van der Waals surface area contributed by atoms with Crippen molar-refractivity contribution in [3.8, 4) is 0 Å². The van der Waals surface area contributed by atoms with Crippen molar-refractivity contribution >= 4 is 0 Å². The number of fused-ring (bicyclic) bond motifs is 2. The normalized spacial score (nSPS) is 33.6. The number of nitrogens with zero attached hydrogens (tertiary/aromatic N) is 1. The minimum atomic E-state index is 0.797. The van der Waals surface area contributed by atoms with E-state index in [1.54, 1.807) is 0 Å². The molecule has 2 saturated heterocycles. The summed E-state index contributed by atoms with van der Waals surface area (Å²) in [5.41, 5.74) is 0. The van der Waals surface area contributed by atoms with E-state index in [0.29, 0.717) is 0 Å². The molecule has 2 heterocycles. The van der Waals surface area contributed by atoms with Gasteiger partial charge in [0.05, 0.1) is 0 Å². The fourth-order valence-electron chi connectivity index (χ4n) is 3.54. The molecule has 0 aromatic rings. The molecule has 2 fully saturated rings. The van der Waals surface area contributed by atoms with Gasteiger partial charge in [-0.3, -0.25) is 4.90 Å². The van der Waals surface area contributed by atoms with Crippen molar-refractivity contribution in [2.75, 3.05) is 13.1 Å². The summed E-state index contributed by atoms with van der Waals surface area (Å²) in [7, 11) is 0. The number of piperidine rings is 1. The van der Waals surface area contributed by atoms with Gasteiger partial charge in [-0.15, -0.1) is 0 Å². The molecule has 2 rings (SSSR count). The van der Waals surface area contributed by atoms with Crippen molar-refractivity contribution in [3.05, 3.63) is 12.2 Å². The first-order chi connectivity index (χ1) is 8.35. The monoisotopic (exact) mass is 236 g/mol. The highest BCUT2D eigenvalue weighted by molar-refractivity contribution is 4.98. The molecule has 17 heavy (non-hydrogen) atoms. The lowest BCUT2D eigenvalue weighted by molar-refractivity contribution is 0.119. The second-order valence-corrected chi connectivity index (χ2v) is 5.60. The van der Waals surface area contributed by atoms with Crippen molar-refractivity contribution < 1.29 is 0 Å². The van der Waals surface area contributed by atoms with Crippen LogP contribution in [-0.2, 0) is 0 Å². The Morgan fingerprint density at radius 3 is 2.53 bits per heavy atom. The predicted molar refractivity (Wildman–Crippen MR) is 74.3 cm³/mol. The summed E-state index contributed by atoms with van der Waals surface area (Å²) in [6, 6.07) is 2.53. The van der Waals surface area contributed by atoms with Crippen LogP contribution in [0.15, 0.2) is 12.2 Å². The molecular formula is C15H28N2. The Balaban J connectivity index is 1.80. The van der Waals surface area contributed by atoms with Gasteiger partial charge < -0.3 is 5.32 Å². The molecule has 2 bridgehead atoms. The fourth-order valence-corrected chi connectivity index (χ4v) is 3.54. The predicted octanol–water partition coefficient (Wildman–Crippen LogP) is 2.95. The molecule has 1 N–H and O–H groups in total. The van der Waals surface area contributed by atoms with Gasteiger partial charge in [0.25, 0.3) is 0 Å². The summed E-state index contributed by atoms with van der Waals surface area (Å²) in [5.74, 6) is 0. The van der Waals surface area contributed by atoms with Crippen molar-refractivity contribution in [2.45, 2.75) is 70.5 Å². The van der Waals surface area contributed by atoms with E-state index in [1.807, 2.05) is 0 Å². The third-order valence-corrected chi connectivity index (χ3v) is 4.36. The molecule has 0 aromatic heterocycles. The minimum Gasteiger partial charge on any atom is -0.314 e. The lowest BCUT2D eigenvalue weighted by Gasteiger charge is -2.39. The lowest BCUT2D eigenvalue weighted by atomic mass is 9.97. The highest BCUT2D eigenvalue weighted by Gasteiger charge is 2.39. The van der Waals surface area contributed by atoms with Crippen molar-refractivity contribution in [1.29, 1.82) is 0 Å². The highest BCUT2D eigenvalue weighted by atomic mass is 15.2. The third-order valence-electron chi connectivity index (χ3n) is 4.36. The van der Waals surface area contributed by atoms with E-state index >= 15 is 0 Å². The molecule has 2 atom stereocenters. The Morgan fingerprint density at radius 2 is 1.94 bits per heavy atom. The van der Waals surface area contributed by atoms with Gasteiger partial charge in [-0.05, 0) is 52.0 Å². The van der Waals surface area contributed by atoms with Gasteiger partial charge >= 0.3 is 0 Å². The molecule has 0 amide bonds. The van der Waals surface area contributed by atoms with Crippen molar-refractivity contribution in [2.24, 2.45) is 0 Å². The standard InChI is InChI=1S/C15H28N2/c1-3-5-6-10-17-14-7-8-15(17)12-13(11-14)16-9-4-2/h3,5,13-16H,4,6-12H2,1-2H3/b5-3+. The van der Waals surface area contributed by atoms with E-state index in [1.165, 1.54) is 51.6 Å². The van der Waals surface area contributed by atoms with Crippen molar-refractivity contribution in [3.63, 3.8) is 0 Å². The zero-order valence-electron chi connectivity index (χ0n) is 11.5. The van der Waals surface area contributed by atoms with E-state index in [2.05, 4.69) is 36.2 Å². The number of allylic oxidation sites excluding steroid dienone is 1. The first-order valence-electron chi connectivity index (χ1n) is 7.45. The summed E-state index contributed by atoms with van der Waals surface area (Å²) in [5, 5.41) is 3.72. The largest absolute Gasteiger partial charge is 0.314 e. The number of rotatable bonds is 6. The Morgan fingerprint density at radius 1 is 1.24 bits per heavy atom. The Hall–Kier alpha value is -0.340. The molecule has 0 aromatic carbocycles. The van der Waals surface area contributed by atoms with Gasteiger partial charge in [0.1, 0.15) is 0 Å². The fraction of sp³-hybridized carbons (Fsp3) is 0.867. The Bertz CT molecular complexity index is 235. The van der Waals surface area contributed by atoms with Gasteiger partial charge in [0.2, 0.25) is 0 Å². The second-order valence-electron chi connectivity index (χ2n) is 5.60. The van der Waals surface area contributed by atoms with Crippen LogP contribution in [0.25, 0.3) is 0 Å². The molecular weight excluding hydrogens is 208 g/mol. The zero-order chi connectivity index (χ0) is 12.1. The molecule has 2 heteroatoms.